The van der Waals surface area contributed by atoms with E-state index < -0.39 is 0 Å². The van der Waals surface area contributed by atoms with Crippen LogP contribution in [-0.2, 0) is 23.7 Å². The van der Waals surface area contributed by atoms with E-state index in [1.54, 1.807) is 19.4 Å². The van der Waals surface area contributed by atoms with Gasteiger partial charge in [-0.1, -0.05) is 6.08 Å². The summed E-state index contributed by atoms with van der Waals surface area (Å²) in [6, 6.07) is 0. The summed E-state index contributed by atoms with van der Waals surface area (Å²) >= 11 is 0. The zero-order valence-electron chi connectivity index (χ0n) is 12.2. The molecule has 1 heterocycles. The van der Waals surface area contributed by atoms with E-state index in [-0.39, 0.29) is 18.0 Å². The maximum absolute atomic E-state index is 11.8. The Labute approximate surface area is 120 Å². The first-order valence-electron chi connectivity index (χ1n) is 6.98. The molecule has 5 heteroatoms. The van der Waals surface area contributed by atoms with Gasteiger partial charge in [-0.15, -0.1) is 0 Å². The lowest BCUT2D eigenvalue weighted by atomic mass is 10.0. The highest BCUT2D eigenvalue weighted by atomic mass is 16.5. The van der Waals surface area contributed by atoms with Gasteiger partial charge >= 0.3 is 5.97 Å². The minimum absolute atomic E-state index is 0.227. The van der Waals surface area contributed by atoms with Crippen LogP contribution < -0.4 is 0 Å². The molecule has 1 rings (SSSR count). The van der Waals surface area contributed by atoms with Crippen LogP contribution in [0.4, 0.5) is 0 Å². The van der Waals surface area contributed by atoms with Crippen molar-refractivity contribution in [1.82, 2.24) is 0 Å². The number of unbranched alkanes of at least 4 members (excludes halogenated alkanes) is 1. The van der Waals surface area contributed by atoms with Gasteiger partial charge in [0.25, 0.3) is 0 Å². The van der Waals surface area contributed by atoms with Crippen LogP contribution in [0.1, 0.15) is 19.8 Å². The Morgan fingerprint density at radius 2 is 2.00 bits per heavy atom. The summed E-state index contributed by atoms with van der Waals surface area (Å²) in [7, 11) is 1.64. The fourth-order valence-corrected chi connectivity index (χ4v) is 1.67. The number of methoxy groups -OCH3 is 1. The van der Waals surface area contributed by atoms with E-state index >= 15 is 0 Å². The predicted octanol–water partition coefficient (Wildman–Crippen LogP) is 2.08. The largest absolute Gasteiger partial charge is 0.493 e. The SMILES string of the molecule is COCCOCCCCOC(=O)C(C)C1C=CC=CO1. The van der Waals surface area contributed by atoms with Crippen molar-refractivity contribution in [3.05, 3.63) is 24.5 Å². The number of allylic oxidation sites excluding steroid dienone is 2. The van der Waals surface area contributed by atoms with Gasteiger partial charge in [-0.3, -0.25) is 4.79 Å². The summed E-state index contributed by atoms with van der Waals surface area (Å²) in [5.41, 5.74) is 0. The Kier molecular flexibility index (Phi) is 8.74. The first-order valence-corrected chi connectivity index (χ1v) is 6.98. The van der Waals surface area contributed by atoms with E-state index in [9.17, 15) is 4.79 Å². The van der Waals surface area contributed by atoms with Crippen molar-refractivity contribution in [2.24, 2.45) is 5.92 Å². The molecule has 0 aliphatic carbocycles. The number of carbonyl (C=O) groups excluding carboxylic acids is 1. The summed E-state index contributed by atoms with van der Waals surface area (Å²) in [4.78, 5) is 11.8. The van der Waals surface area contributed by atoms with Gasteiger partial charge in [0, 0.05) is 13.7 Å². The minimum atomic E-state index is -0.297. The molecule has 0 amide bonds. The molecule has 114 valence electrons. The zero-order chi connectivity index (χ0) is 14.6. The monoisotopic (exact) mass is 284 g/mol. The van der Waals surface area contributed by atoms with E-state index in [1.165, 1.54) is 0 Å². The molecule has 0 aromatic carbocycles. The molecule has 0 fully saturated rings. The molecular weight excluding hydrogens is 260 g/mol. The summed E-state index contributed by atoms with van der Waals surface area (Å²) in [5.74, 6) is -0.524. The number of ether oxygens (including phenoxy) is 4. The Morgan fingerprint density at radius 3 is 2.70 bits per heavy atom. The third kappa shape index (κ3) is 6.73. The average Bonchev–Trinajstić information content (AvgIpc) is 2.50. The fraction of sp³-hybridized carbons (Fsp3) is 0.667. The molecule has 2 unspecified atom stereocenters. The van der Waals surface area contributed by atoms with Crippen molar-refractivity contribution in [3.63, 3.8) is 0 Å². The van der Waals surface area contributed by atoms with Gasteiger partial charge in [-0.2, -0.15) is 0 Å². The van der Waals surface area contributed by atoms with E-state index in [0.29, 0.717) is 26.4 Å². The molecule has 5 nitrogen and oxygen atoms in total. The number of esters is 1. The summed E-state index contributed by atoms with van der Waals surface area (Å²) in [6.45, 7) is 4.10. The van der Waals surface area contributed by atoms with Crippen LogP contribution in [0.15, 0.2) is 24.5 Å². The van der Waals surface area contributed by atoms with E-state index in [1.807, 2.05) is 19.1 Å². The van der Waals surface area contributed by atoms with E-state index in [0.717, 1.165) is 12.8 Å². The van der Waals surface area contributed by atoms with Gasteiger partial charge in [-0.05, 0) is 31.9 Å². The van der Waals surface area contributed by atoms with Crippen molar-refractivity contribution < 1.29 is 23.7 Å². The lowest BCUT2D eigenvalue weighted by Crippen LogP contribution is -2.28. The molecule has 1 aliphatic rings. The van der Waals surface area contributed by atoms with Gasteiger partial charge in [0.15, 0.2) is 0 Å². The van der Waals surface area contributed by atoms with E-state index in [4.69, 9.17) is 18.9 Å². The van der Waals surface area contributed by atoms with Gasteiger partial charge < -0.3 is 18.9 Å². The molecule has 0 saturated carbocycles. The maximum Gasteiger partial charge on any atom is 0.312 e. The molecule has 1 aliphatic heterocycles. The highest BCUT2D eigenvalue weighted by Crippen LogP contribution is 2.14. The average molecular weight is 284 g/mol. The highest BCUT2D eigenvalue weighted by molar-refractivity contribution is 5.73. The molecule has 0 bridgehead atoms. The molecule has 0 radical (unpaired) electrons. The van der Waals surface area contributed by atoms with Gasteiger partial charge in [0.1, 0.15) is 6.10 Å². The van der Waals surface area contributed by atoms with E-state index in [2.05, 4.69) is 0 Å². The molecule has 0 spiro atoms. The van der Waals surface area contributed by atoms with Gasteiger partial charge in [0.2, 0.25) is 0 Å². The summed E-state index contributed by atoms with van der Waals surface area (Å²) in [5, 5.41) is 0. The third-order valence-corrected chi connectivity index (χ3v) is 2.95. The van der Waals surface area contributed by atoms with Crippen molar-refractivity contribution in [2.45, 2.75) is 25.9 Å². The van der Waals surface area contributed by atoms with Crippen molar-refractivity contribution in [3.8, 4) is 0 Å². The quantitative estimate of drug-likeness (QED) is 0.454. The Hall–Kier alpha value is -1.33. The maximum atomic E-state index is 11.8. The Balaban J connectivity index is 2.02. The molecule has 20 heavy (non-hydrogen) atoms. The lowest BCUT2D eigenvalue weighted by molar-refractivity contribution is -0.151. The van der Waals surface area contributed by atoms with Crippen molar-refractivity contribution >= 4 is 5.97 Å². The second-order valence-electron chi connectivity index (χ2n) is 4.58. The fourth-order valence-electron chi connectivity index (χ4n) is 1.67. The second-order valence-corrected chi connectivity index (χ2v) is 4.58. The van der Waals surface area contributed by atoms with Crippen molar-refractivity contribution in [2.75, 3.05) is 33.5 Å². The first kappa shape index (κ1) is 16.7. The molecule has 0 aromatic rings. The summed E-state index contributed by atoms with van der Waals surface area (Å²) < 4.78 is 20.8. The second kappa shape index (κ2) is 10.5. The Bertz CT molecular complexity index is 324. The topological polar surface area (TPSA) is 54.0 Å². The third-order valence-electron chi connectivity index (χ3n) is 2.95. The standard InChI is InChI=1S/C15H24O5/c1-13(14-7-3-4-9-19-14)15(16)20-10-6-5-8-18-12-11-17-2/h3-4,7,9,13-14H,5-6,8,10-12H2,1-2H3. The summed E-state index contributed by atoms with van der Waals surface area (Å²) in [6.07, 6.45) is 8.54. The number of hydrogen-bond donors (Lipinski definition) is 0. The first-order chi connectivity index (χ1) is 9.75. The Morgan fingerprint density at radius 1 is 1.20 bits per heavy atom. The lowest BCUT2D eigenvalue weighted by Gasteiger charge is -2.20. The van der Waals surface area contributed by atoms with Crippen LogP contribution >= 0.6 is 0 Å². The molecule has 0 saturated heterocycles. The molecule has 0 N–H and O–H groups in total. The smallest absolute Gasteiger partial charge is 0.312 e. The van der Waals surface area contributed by atoms with Crippen LogP contribution in [0, 0.1) is 5.92 Å². The minimum Gasteiger partial charge on any atom is -0.493 e. The molecule has 2 atom stereocenters. The van der Waals surface area contributed by atoms with Crippen LogP contribution in [0.5, 0.6) is 0 Å². The molecule has 0 aromatic heterocycles. The van der Waals surface area contributed by atoms with Gasteiger partial charge in [-0.25, -0.2) is 0 Å². The number of hydrogen-bond acceptors (Lipinski definition) is 5. The zero-order valence-corrected chi connectivity index (χ0v) is 12.2. The highest BCUT2D eigenvalue weighted by Gasteiger charge is 2.24. The molecular formula is C15H24O5. The van der Waals surface area contributed by atoms with Crippen LogP contribution in [0.25, 0.3) is 0 Å². The van der Waals surface area contributed by atoms with Crippen LogP contribution in [0.2, 0.25) is 0 Å². The predicted molar refractivity (Wildman–Crippen MR) is 75.2 cm³/mol. The van der Waals surface area contributed by atoms with Crippen molar-refractivity contribution in [1.29, 1.82) is 0 Å². The van der Waals surface area contributed by atoms with Crippen LogP contribution in [-0.4, -0.2) is 45.6 Å². The van der Waals surface area contributed by atoms with Gasteiger partial charge in [0.05, 0.1) is 32.0 Å². The number of carbonyl (C=O) groups is 1. The number of rotatable bonds is 10. The van der Waals surface area contributed by atoms with Crippen LogP contribution in [0.3, 0.4) is 0 Å². The normalized spacial score (nSPS) is 18.6.